The van der Waals surface area contributed by atoms with Crippen LogP contribution in [0.2, 0.25) is 0 Å². The zero-order valence-corrected chi connectivity index (χ0v) is 11.6. The fourth-order valence-electron chi connectivity index (χ4n) is 2.31. The topological polar surface area (TPSA) is 42.1 Å². The standard InChI is InChI=1S/C16H21N3/c1-13-6-5-7-14(10-13)16(11-17)19(2)12-15-8-3-4-9-18-15/h3-10,16H,11-12,17H2,1-2H3. The Kier molecular flexibility index (Phi) is 4.66. The molecule has 1 heterocycles. The molecule has 0 fully saturated rings. The van der Waals surface area contributed by atoms with E-state index in [2.05, 4.69) is 48.1 Å². The third-order valence-electron chi connectivity index (χ3n) is 3.32. The number of aromatic nitrogens is 1. The molecule has 1 aromatic carbocycles. The van der Waals surface area contributed by atoms with Crippen LogP contribution >= 0.6 is 0 Å². The van der Waals surface area contributed by atoms with Crippen LogP contribution in [0.25, 0.3) is 0 Å². The number of pyridine rings is 1. The summed E-state index contributed by atoms with van der Waals surface area (Å²) in [4.78, 5) is 6.61. The van der Waals surface area contributed by atoms with E-state index in [1.165, 1.54) is 11.1 Å². The summed E-state index contributed by atoms with van der Waals surface area (Å²) in [7, 11) is 2.09. The average molecular weight is 255 g/mol. The number of aryl methyl sites for hydroxylation is 1. The molecule has 100 valence electrons. The first kappa shape index (κ1) is 13.7. The van der Waals surface area contributed by atoms with Crippen molar-refractivity contribution in [3.05, 3.63) is 65.5 Å². The van der Waals surface area contributed by atoms with Gasteiger partial charge in [-0.2, -0.15) is 0 Å². The van der Waals surface area contributed by atoms with E-state index >= 15 is 0 Å². The molecule has 0 radical (unpaired) electrons. The van der Waals surface area contributed by atoms with Crippen molar-refractivity contribution in [3.63, 3.8) is 0 Å². The third-order valence-corrected chi connectivity index (χ3v) is 3.32. The SMILES string of the molecule is Cc1cccc(C(CN)N(C)Cc2ccccn2)c1. The summed E-state index contributed by atoms with van der Waals surface area (Å²) in [6, 6.07) is 14.7. The quantitative estimate of drug-likeness (QED) is 0.892. The summed E-state index contributed by atoms with van der Waals surface area (Å²) in [5, 5.41) is 0. The van der Waals surface area contributed by atoms with Crippen molar-refractivity contribution >= 4 is 0 Å². The second-order valence-electron chi connectivity index (χ2n) is 4.90. The Balaban J connectivity index is 2.13. The second kappa shape index (κ2) is 6.45. The lowest BCUT2D eigenvalue weighted by molar-refractivity contribution is 0.239. The number of hydrogen-bond acceptors (Lipinski definition) is 3. The molecule has 19 heavy (non-hydrogen) atoms. The van der Waals surface area contributed by atoms with Crippen molar-refractivity contribution in [1.29, 1.82) is 0 Å². The van der Waals surface area contributed by atoms with Crippen molar-refractivity contribution in [3.8, 4) is 0 Å². The van der Waals surface area contributed by atoms with Gasteiger partial charge in [-0.1, -0.05) is 35.9 Å². The molecular weight excluding hydrogens is 234 g/mol. The highest BCUT2D eigenvalue weighted by atomic mass is 15.1. The van der Waals surface area contributed by atoms with Crippen molar-refractivity contribution in [2.75, 3.05) is 13.6 Å². The molecule has 0 saturated heterocycles. The molecule has 3 nitrogen and oxygen atoms in total. The van der Waals surface area contributed by atoms with Crippen LogP contribution in [-0.4, -0.2) is 23.5 Å². The van der Waals surface area contributed by atoms with Gasteiger partial charge in [0.05, 0.1) is 5.69 Å². The first-order valence-corrected chi connectivity index (χ1v) is 6.57. The van der Waals surface area contributed by atoms with Gasteiger partial charge in [-0.15, -0.1) is 0 Å². The van der Waals surface area contributed by atoms with E-state index < -0.39 is 0 Å². The lowest BCUT2D eigenvalue weighted by Gasteiger charge is -2.27. The molecule has 0 aliphatic heterocycles. The zero-order chi connectivity index (χ0) is 13.7. The van der Waals surface area contributed by atoms with E-state index in [0.29, 0.717) is 6.54 Å². The van der Waals surface area contributed by atoms with Gasteiger partial charge in [-0.3, -0.25) is 9.88 Å². The fourth-order valence-corrected chi connectivity index (χ4v) is 2.31. The van der Waals surface area contributed by atoms with Crippen LogP contribution < -0.4 is 5.73 Å². The molecular formula is C16H21N3. The summed E-state index contributed by atoms with van der Waals surface area (Å²) in [5.74, 6) is 0. The van der Waals surface area contributed by atoms with Crippen LogP contribution in [-0.2, 0) is 6.54 Å². The Morgan fingerprint density at radius 3 is 2.68 bits per heavy atom. The maximum atomic E-state index is 5.95. The fraction of sp³-hybridized carbons (Fsp3) is 0.312. The Labute approximate surface area is 115 Å². The number of nitrogens with zero attached hydrogens (tertiary/aromatic N) is 2. The first-order chi connectivity index (χ1) is 9.20. The molecule has 0 saturated carbocycles. The molecule has 0 aliphatic rings. The lowest BCUT2D eigenvalue weighted by atomic mass is 10.0. The third kappa shape index (κ3) is 3.63. The van der Waals surface area contributed by atoms with E-state index in [1.54, 1.807) is 0 Å². The molecule has 0 amide bonds. The monoisotopic (exact) mass is 255 g/mol. The Bertz CT molecular complexity index is 510. The van der Waals surface area contributed by atoms with Gasteiger partial charge in [0.15, 0.2) is 0 Å². The van der Waals surface area contributed by atoms with Crippen molar-refractivity contribution in [2.24, 2.45) is 5.73 Å². The van der Waals surface area contributed by atoms with Gasteiger partial charge >= 0.3 is 0 Å². The second-order valence-corrected chi connectivity index (χ2v) is 4.90. The Morgan fingerprint density at radius 1 is 1.21 bits per heavy atom. The molecule has 0 spiro atoms. The van der Waals surface area contributed by atoms with Gasteiger partial charge < -0.3 is 5.73 Å². The van der Waals surface area contributed by atoms with Gasteiger partial charge in [0.25, 0.3) is 0 Å². The lowest BCUT2D eigenvalue weighted by Crippen LogP contribution is -2.30. The maximum absolute atomic E-state index is 5.95. The Hall–Kier alpha value is -1.71. The molecule has 2 rings (SSSR count). The average Bonchev–Trinajstić information content (AvgIpc) is 2.41. The minimum Gasteiger partial charge on any atom is -0.329 e. The number of hydrogen-bond donors (Lipinski definition) is 1. The van der Waals surface area contributed by atoms with Gasteiger partial charge in [0, 0.05) is 25.3 Å². The van der Waals surface area contributed by atoms with Crippen LogP contribution in [0.3, 0.4) is 0 Å². The summed E-state index contributed by atoms with van der Waals surface area (Å²) < 4.78 is 0. The van der Waals surface area contributed by atoms with Gasteiger partial charge in [-0.25, -0.2) is 0 Å². The largest absolute Gasteiger partial charge is 0.329 e. The first-order valence-electron chi connectivity index (χ1n) is 6.57. The van der Waals surface area contributed by atoms with Crippen LogP contribution in [0.15, 0.2) is 48.7 Å². The van der Waals surface area contributed by atoms with Crippen LogP contribution in [0.5, 0.6) is 0 Å². The predicted octanol–water partition coefficient (Wildman–Crippen LogP) is 2.52. The van der Waals surface area contributed by atoms with E-state index in [1.807, 2.05) is 24.4 Å². The highest BCUT2D eigenvalue weighted by Gasteiger charge is 2.15. The maximum Gasteiger partial charge on any atom is 0.0544 e. The van der Waals surface area contributed by atoms with E-state index in [-0.39, 0.29) is 6.04 Å². The highest BCUT2D eigenvalue weighted by molar-refractivity contribution is 5.25. The van der Waals surface area contributed by atoms with Gasteiger partial charge in [0.1, 0.15) is 0 Å². The van der Waals surface area contributed by atoms with Crippen LogP contribution in [0, 0.1) is 6.92 Å². The predicted molar refractivity (Wildman–Crippen MR) is 78.7 cm³/mol. The van der Waals surface area contributed by atoms with Gasteiger partial charge in [-0.05, 0) is 31.7 Å². The molecule has 1 aromatic heterocycles. The summed E-state index contributed by atoms with van der Waals surface area (Å²) >= 11 is 0. The zero-order valence-electron chi connectivity index (χ0n) is 11.6. The molecule has 2 aromatic rings. The number of likely N-dealkylation sites (N-methyl/N-ethyl adjacent to an activating group) is 1. The van der Waals surface area contributed by atoms with Crippen LogP contribution in [0.1, 0.15) is 22.9 Å². The molecule has 1 unspecified atom stereocenters. The summed E-state index contributed by atoms with van der Waals surface area (Å²) in [6.45, 7) is 3.51. The molecule has 3 heteroatoms. The number of rotatable bonds is 5. The Morgan fingerprint density at radius 2 is 2.05 bits per heavy atom. The summed E-state index contributed by atoms with van der Waals surface area (Å²) in [6.07, 6.45) is 1.83. The molecule has 2 N–H and O–H groups in total. The van der Waals surface area contributed by atoms with Gasteiger partial charge in [0.2, 0.25) is 0 Å². The smallest absolute Gasteiger partial charge is 0.0544 e. The van der Waals surface area contributed by atoms with Crippen molar-refractivity contribution in [2.45, 2.75) is 19.5 Å². The number of nitrogens with two attached hydrogens (primary N) is 1. The molecule has 0 aliphatic carbocycles. The minimum absolute atomic E-state index is 0.224. The van der Waals surface area contributed by atoms with Crippen LogP contribution in [0.4, 0.5) is 0 Å². The summed E-state index contributed by atoms with van der Waals surface area (Å²) in [5.41, 5.74) is 9.54. The molecule has 1 atom stereocenters. The van der Waals surface area contributed by atoms with Crippen molar-refractivity contribution in [1.82, 2.24) is 9.88 Å². The van der Waals surface area contributed by atoms with E-state index in [0.717, 1.165) is 12.2 Å². The molecule has 0 bridgehead atoms. The normalized spacial score (nSPS) is 12.6. The highest BCUT2D eigenvalue weighted by Crippen LogP contribution is 2.20. The minimum atomic E-state index is 0.224. The number of benzene rings is 1. The van der Waals surface area contributed by atoms with Crippen molar-refractivity contribution < 1.29 is 0 Å². The van der Waals surface area contributed by atoms with E-state index in [9.17, 15) is 0 Å². The van der Waals surface area contributed by atoms with E-state index in [4.69, 9.17) is 5.73 Å².